The summed E-state index contributed by atoms with van der Waals surface area (Å²) in [5.41, 5.74) is 15.5. The summed E-state index contributed by atoms with van der Waals surface area (Å²) in [6.45, 7) is 0. The van der Waals surface area contributed by atoms with Crippen molar-refractivity contribution in [3.05, 3.63) is 212 Å². The van der Waals surface area contributed by atoms with Crippen molar-refractivity contribution in [3.63, 3.8) is 0 Å². The summed E-state index contributed by atoms with van der Waals surface area (Å²) in [7, 11) is 0. The van der Waals surface area contributed by atoms with Crippen molar-refractivity contribution < 1.29 is 0 Å². The van der Waals surface area contributed by atoms with Crippen molar-refractivity contribution >= 4 is 65.4 Å². The molecule has 0 atom stereocenters. The van der Waals surface area contributed by atoms with Gasteiger partial charge >= 0.3 is 0 Å². The van der Waals surface area contributed by atoms with Gasteiger partial charge in [-0.25, -0.2) is 0 Å². The molecular weight excluding hydrogens is 691 g/mol. The van der Waals surface area contributed by atoms with Crippen LogP contribution in [0.5, 0.6) is 0 Å². The van der Waals surface area contributed by atoms with Gasteiger partial charge in [0.1, 0.15) is 0 Å². The number of hydrogen-bond donors (Lipinski definition) is 0. The van der Waals surface area contributed by atoms with Gasteiger partial charge in [0.25, 0.3) is 0 Å². The fourth-order valence-corrected chi connectivity index (χ4v) is 9.33. The van der Waals surface area contributed by atoms with Gasteiger partial charge in [0.05, 0.1) is 33.1 Å². The van der Waals surface area contributed by atoms with Crippen LogP contribution >= 0.6 is 0 Å². The molecule has 0 spiro atoms. The van der Waals surface area contributed by atoms with Crippen molar-refractivity contribution in [2.24, 2.45) is 0 Å². The van der Waals surface area contributed by atoms with Gasteiger partial charge in [0, 0.05) is 54.9 Å². The molecule has 12 aromatic rings. The van der Waals surface area contributed by atoms with Gasteiger partial charge in [-0.05, 0) is 89.5 Å². The Labute approximate surface area is 329 Å². The van der Waals surface area contributed by atoms with E-state index >= 15 is 0 Å². The Hall–Kier alpha value is -7.62. The molecule has 3 aromatic heterocycles. The Morgan fingerprint density at radius 1 is 0.228 bits per heavy atom. The number of nitrogens with zero attached hydrogens (tertiary/aromatic N) is 3. The molecule has 0 aliphatic carbocycles. The molecule has 12 rings (SSSR count). The third-order valence-electron chi connectivity index (χ3n) is 11.8. The van der Waals surface area contributed by atoms with Crippen molar-refractivity contribution in [3.8, 4) is 39.3 Å². The highest BCUT2D eigenvalue weighted by molar-refractivity contribution is 6.16. The zero-order chi connectivity index (χ0) is 37.5. The first-order valence-electron chi connectivity index (χ1n) is 19.6. The molecule has 0 fully saturated rings. The molecule has 0 saturated heterocycles. The van der Waals surface area contributed by atoms with Crippen LogP contribution in [0.1, 0.15) is 0 Å². The molecule has 0 bridgehead atoms. The van der Waals surface area contributed by atoms with E-state index in [0.29, 0.717) is 0 Å². The Bertz CT molecular complexity index is 3440. The number of para-hydroxylation sites is 6. The van der Waals surface area contributed by atoms with Gasteiger partial charge in [0.2, 0.25) is 0 Å². The van der Waals surface area contributed by atoms with Crippen molar-refractivity contribution in [2.75, 3.05) is 0 Å². The maximum Gasteiger partial charge on any atom is 0.0621 e. The van der Waals surface area contributed by atoms with E-state index in [1.165, 1.54) is 93.4 Å². The summed E-state index contributed by atoms with van der Waals surface area (Å²) in [5.74, 6) is 0. The van der Waals surface area contributed by atoms with E-state index < -0.39 is 0 Å². The van der Waals surface area contributed by atoms with Crippen LogP contribution in [0.4, 0.5) is 0 Å². The maximum absolute atomic E-state index is 2.44. The summed E-state index contributed by atoms with van der Waals surface area (Å²) in [4.78, 5) is 0. The zero-order valence-electron chi connectivity index (χ0n) is 31.0. The molecule has 3 heterocycles. The van der Waals surface area contributed by atoms with Gasteiger partial charge in [-0.3, -0.25) is 0 Å². The minimum atomic E-state index is 1.15. The molecule has 57 heavy (non-hydrogen) atoms. The van der Waals surface area contributed by atoms with Gasteiger partial charge in [-0.15, -0.1) is 0 Å². The number of hydrogen-bond acceptors (Lipinski definition) is 0. The number of rotatable bonds is 5. The number of fused-ring (bicyclic) bond motifs is 9. The molecule has 0 aliphatic heterocycles. The lowest BCUT2D eigenvalue weighted by molar-refractivity contribution is 1.17. The monoisotopic (exact) mass is 725 g/mol. The number of benzene rings is 9. The highest BCUT2D eigenvalue weighted by atomic mass is 15.0. The van der Waals surface area contributed by atoms with E-state index in [1.54, 1.807) is 0 Å². The fraction of sp³-hybridized carbons (Fsp3) is 0. The molecule has 3 nitrogen and oxygen atoms in total. The average Bonchev–Trinajstić information content (AvgIpc) is 3.92. The lowest BCUT2D eigenvalue weighted by Gasteiger charge is -2.15. The Morgan fingerprint density at radius 2 is 0.632 bits per heavy atom. The van der Waals surface area contributed by atoms with E-state index in [-0.39, 0.29) is 0 Å². The van der Waals surface area contributed by atoms with Crippen molar-refractivity contribution in [1.82, 2.24) is 13.7 Å². The van der Waals surface area contributed by atoms with Gasteiger partial charge in [0.15, 0.2) is 0 Å². The van der Waals surface area contributed by atoms with Crippen LogP contribution in [-0.2, 0) is 0 Å². The molecule has 3 heteroatoms. The molecular formula is C54H35N3. The Morgan fingerprint density at radius 3 is 1.21 bits per heavy atom. The molecule has 0 unspecified atom stereocenters. The molecule has 0 radical (unpaired) electrons. The smallest absolute Gasteiger partial charge is 0.0621 e. The van der Waals surface area contributed by atoms with E-state index in [0.717, 1.165) is 11.4 Å². The molecule has 0 N–H and O–H groups in total. The third-order valence-corrected chi connectivity index (χ3v) is 11.8. The lowest BCUT2D eigenvalue weighted by Crippen LogP contribution is -1.98. The lowest BCUT2D eigenvalue weighted by atomic mass is 9.97. The normalized spacial score (nSPS) is 11.9. The topological polar surface area (TPSA) is 14.8 Å². The molecule has 0 amide bonds. The summed E-state index contributed by atoms with van der Waals surface area (Å²) >= 11 is 0. The van der Waals surface area contributed by atoms with Crippen LogP contribution < -0.4 is 0 Å². The quantitative estimate of drug-likeness (QED) is 0.168. The minimum absolute atomic E-state index is 1.15. The average molecular weight is 726 g/mol. The van der Waals surface area contributed by atoms with Gasteiger partial charge in [-0.1, -0.05) is 140 Å². The maximum atomic E-state index is 2.44. The van der Waals surface area contributed by atoms with Crippen molar-refractivity contribution in [1.29, 1.82) is 0 Å². The predicted octanol–water partition coefficient (Wildman–Crippen LogP) is 14.3. The standard InChI is InChI=1S/C54H35N3/c1-3-15-39(16-4-1)55-51-25-13-9-21-44(51)47-33-38(31-32-53(47)55)36-27-29-37(30-28-36)46-34-41(56-49-23-11-7-19-42(49)43-20-8-12-24-50(43)56)35-48-45-22-10-14-26-52(45)57(54(46)48)40-17-5-2-6-18-40/h1-35H. The Balaban J connectivity index is 1.09. The van der Waals surface area contributed by atoms with Crippen LogP contribution in [0, 0.1) is 0 Å². The fourth-order valence-electron chi connectivity index (χ4n) is 9.33. The molecule has 9 aromatic carbocycles. The minimum Gasteiger partial charge on any atom is -0.309 e. The van der Waals surface area contributed by atoms with E-state index in [1.807, 2.05) is 0 Å². The molecule has 0 aliphatic rings. The predicted molar refractivity (Wildman–Crippen MR) is 240 cm³/mol. The summed E-state index contributed by atoms with van der Waals surface area (Å²) in [6.07, 6.45) is 0. The summed E-state index contributed by atoms with van der Waals surface area (Å²) < 4.78 is 7.26. The van der Waals surface area contributed by atoms with Crippen LogP contribution in [0.25, 0.3) is 105 Å². The highest BCUT2D eigenvalue weighted by Gasteiger charge is 2.21. The molecule has 266 valence electrons. The number of aromatic nitrogens is 3. The van der Waals surface area contributed by atoms with Gasteiger partial charge in [-0.2, -0.15) is 0 Å². The van der Waals surface area contributed by atoms with Crippen LogP contribution in [0.2, 0.25) is 0 Å². The van der Waals surface area contributed by atoms with Crippen LogP contribution in [0.3, 0.4) is 0 Å². The first kappa shape index (κ1) is 31.7. The first-order chi connectivity index (χ1) is 28.3. The molecule has 0 saturated carbocycles. The Kier molecular flexibility index (Phi) is 6.93. The second kappa shape index (κ2) is 12.5. The SMILES string of the molecule is c1ccc(-n2c3ccccc3c3cc(-c4ccc(-c5cc(-n6c7ccccc7c7ccccc76)cc6c7ccccc7n(-c7ccccc7)c56)cc4)ccc32)cc1. The first-order valence-corrected chi connectivity index (χ1v) is 19.6. The zero-order valence-corrected chi connectivity index (χ0v) is 31.0. The summed E-state index contributed by atoms with van der Waals surface area (Å²) in [6, 6.07) is 77.5. The van der Waals surface area contributed by atoms with Crippen molar-refractivity contribution in [2.45, 2.75) is 0 Å². The largest absolute Gasteiger partial charge is 0.309 e. The van der Waals surface area contributed by atoms with E-state index in [9.17, 15) is 0 Å². The second-order valence-corrected chi connectivity index (χ2v) is 14.9. The highest BCUT2D eigenvalue weighted by Crippen LogP contribution is 2.43. The van der Waals surface area contributed by atoms with E-state index in [2.05, 4.69) is 226 Å². The van der Waals surface area contributed by atoms with Crippen LogP contribution in [-0.4, -0.2) is 13.7 Å². The third kappa shape index (κ3) is 4.79. The van der Waals surface area contributed by atoms with Gasteiger partial charge < -0.3 is 13.7 Å². The van der Waals surface area contributed by atoms with E-state index in [4.69, 9.17) is 0 Å². The van der Waals surface area contributed by atoms with Crippen LogP contribution in [0.15, 0.2) is 212 Å². The summed E-state index contributed by atoms with van der Waals surface area (Å²) in [5, 5.41) is 7.49. The second-order valence-electron chi connectivity index (χ2n) is 14.9.